The second kappa shape index (κ2) is 14.8. The standard InChI is InChI=1S/C27H36O3.H3OP/c1-6-7-8-9-10-14-17-30-27(29)25(23-15-12-11-13-16-23)26(28)24-20(3)18-19(2)21(4)22(24)5;1-2/h11-13,15-16,18,25H,6-10,14,17H2,1-5H3;2H3. The Morgan fingerprint density at radius 3 is 2.06 bits per heavy atom. The Balaban J connectivity index is 0.00000249. The number of hydrogen-bond acceptors (Lipinski definition) is 4. The number of carbonyl (C=O) groups is 2. The summed E-state index contributed by atoms with van der Waals surface area (Å²) < 4.78 is 13.9. The SMILES string of the molecule is CCCCCCCCOC(=O)C(C(=O)c1c(C)cc(C)c(C)c1C)c1ccccc1.O=[PH3]. The molecule has 0 aromatic heterocycles. The van der Waals surface area contributed by atoms with Crippen LogP contribution in [0.3, 0.4) is 0 Å². The molecule has 0 saturated carbocycles. The van der Waals surface area contributed by atoms with Crippen molar-refractivity contribution in [2.24, 2.45) is 0 Å². The van der Waals surface area contributed by atoms with E-state index in [2.05, 4.69) is 6.92 Å². The second-order valence-corrected chi connectivity index (χ2v) is 8.28. The van der Waals surface area contributed by atoms with Gasteiger partial charge in [-0.05, 0) is 61.9 Å². The van der Waals surface area contributed by atoms with E-state index in [4.69, 9.17) is 9.30 Å². The number of ketones is 1. The van der Waals surface area contributed by atoms with E-state index in [0.29, 0.717) is 26.9 Å². The molecule has 0 fully saturated rings. The minimum atomic E-state index is -0.925. The van der Waals surface area contributed by atoms with Gasteiger partial charge in [-0.1, -0.05) is 75.4 Å². The van der Waals surface area contributed by atoms with Gasteiger partial charge in [-0.25, -0.2) is 0 Å². The van der Waals surface area contributed by atoms with Gasteiger partial charge in [-0.3, -0.25) is 9.59 Å². The van der Waals surface area contributed by atoms with Crippen LogP contribution < -0.4 is 0 Å². The van der Waals surface area contributed by atoms with Crippen LogP contribution >= 0.6 is 9.12 Å². The minimum absolute atomic E-state index is 0.174. The third-order valence-electron chi connectivity index (χ3n) is 5.98. The Morgan fingerprint density at radius 1 is 0.844 bits per heavy atom. The summed E-state index contributed by atoms with van der Waals surface area (Å²) in [6.45, 7) is 10.5. The summed E-state index contributed by atoms with van der Waals surface area (Å²) in [6.07, 6.45) is 6.74. The smallest absolute Gasteiger partial charge is 0.321 e. The van der Waals surface area contributed by atoms with Gasteiger partial charge >= 0.3 is 5.97 Å². The third kappa shape index (κ3) is 7.74. The van der Waals surface area contributed by atoms with Gasteiger partial charge in [0.15, 0.2) is 5.78 Å². The fraction of sp³-hybridized carbons (Fsp3) is 0.481. The zero-order valence-electron chi connectivity index (χ0n) is 20.3. The number of benzene rings is 2. The van der Waals surface area contributed by atoms with E-state index in [1.165, 1.54) is 19.3 Å². The van der Waals surface area contributed by atoms with Gasteiger partial charge in [-0.15, -0.1) is 0 Å². The van der Waals surface area contributed by atoms with Gasteiger partial charge in [-0.2, -0.15) is 0 Å². The molecule has 4 nitrogen and oxygen atoms in total. The molecule has 2 aromatic rings. The van der Waals surface area contributed by atoms with Crippen LogP contribution in [0.2, 0.25) is 0 Å². The Bertz CT molecular complexity index is 877. The summed E-state index contributed by atoms with van der Waals surface area (Å²) >= 11 is 0. The molecule has 0 aliphatic carbocycles. The summed E-state index contributed by atoms with van der Waals surface area (Å²) in [5.41, 5.74) is 5.43. The number of hydrogen-bond donors (Lipinski definition) is 0. The van der Waals surface area contributed by atoms with Gasteiger partial charge in [0.05, 0.1) is 15.7 Å². The molecule has 0 heterocycles. The largest absolute Gasteiger partial charge is 0.465 e. The second-order valence-electron chi connectivity index (χ2n) is 8.28. The lowest BCUT2D eigenvalue weighted by atomic mass is 9.84. The fourth-order valence-electron chi connectivity index (χ4n) is 3.99. The van der Waals surface area contributed by atoms with Crippen LogP contribution in [0.5, 0.6) is 0 Å². The molecule has 2 aromatic carbocycles. The van der Waals surface area contributed by atoms with E-state index in [9.17, 15) is 9.59 Å². The van der Waals surface area contributed by atoms with Crippen LogP contribution in [0.25, 0.3) is 0 Å². The highest BCUT2D eigenvalue weighted by Gasteiger charge is 2.33. The number of rotatable bonds is 11. The van der Waals surface area contributed by atoms with Crippen molar-refractivity contribution >= 4 is 20.9 Å². The quantitative estimate of drug-likeness (QED) is 0.123. The first-order valence-corrected chi connectivity index (χ1v) is 12.1. The highest BCUT2D eigenvalue weighted by atomic mass is 31.0. The van der Waals surface area contributed by atoms with Crippen molar-refractivity contribution in [3.8, 4) is 0 Å². The lowest BCUT2D eigenvalue weighted by Crippen LogP contribution is -2.26. The van der Waals surface area contributed by atoms with E-state index >= 15 is 0 Å². The molecule has 2 atom stereocenters. The summed E-state index contributed by atoms with van der Waals surface area (Å²) in [6, 6.07) is 11.3. The molecule has 0 spiro atoms. The Morgan fingerprint density at radius 2 is 1.44 bits per heavy atom. The van der Waals surface area contributed by atoms with E-state index in [0.717, 1.165) is 41.5 Å². The summed E-state index contributed by atoms with van der Waals surface area (Å²) in [5, 5.41) is 0. The maximum atomic E-state index is 13.6. The molecule has 176 valence electrons. The van der Waals surface area contributed by atoms with Crippen LogP contribution in [0.1, 0.15) is 89.5 Å². The zero-order chi connectivity index (χ0) is 24.1. The molecule has 0 radical (unpaired) electrons. The van der Waals surface area contributed by atoms with Crippen LogP contribution in [0.4, 0.5) is 0 Å². The van der Waals surface area contributed by atoms with Crippen molar-refractivity contribution in [1.29, 1.82) is 0 Å². The van der Waals surface area contributed by atoms with Crippen LogP contribution in [0.15, 0.2) is 36.4 Å². The number of unbranched alkanes of at least 4 members (excludes halogenated alkanes) is 5. The summed E-state index contributed by atoms with van der Waals surface area (Å²) in [5.74, 6) is -1.55. The monoisotopic (exact) mass is 458 g/mol. The Hall–Kier alpha value is -2.19. The average molecular weight is 459 g/mol. The van der Waals surface area contributed by atoms with Gasteiger partial charge in [0.25, 0.3) is 0 Å². The molecule has 2 rings (SSSR count). The van der Waals surface area contributed by atoms with Crippen LogP contribution in [0, 0.1) is 27.7 Å². The van der Waals surface area contributed by atoms with Gasteiger partial charge in [0.1, 0.15) is 5.92 Å². The zero-order valence-corrected chi connectivity index (χ0v) is 21.7. The lowest BCUT2D eigenvalue weighted by molar-refractivity contribution is -0.144. The van der Waals surface area contributed by atoms with Gasteiger partial charge < -0.3 is 9.30 Å². The van der Waals surface area contributed by atoms with Crippen LogP contribution in [-0.2, 0) is 14.1 Å². The van der Waals surface area contributed by atoms with Gasteiger partial charge in [0, 0.05) is 5.56 Å². The normalized spacial score (nSPS) is 11.4. The van der Waals surface area contributed by atoms with Gasteiger partial charge in [0.2, 0.25) is 0 Å². The summed E-state index contributed by atoms with van der Waals surface area (Å²) in [7, 11) is 0.611. The molecule has 0 N–H and O–H groups in total. The van der Waals surface area contributed by atoms with Crippen molar-refractivity contribution in [2.45, 2.75) is 79.1 Å². The number of esters is 1. The van der Waals surface area contributed by atoms with E-state index in [-0.39, 0.29) is 5.78 Å². The number of aryl methyl sites for hydroxylation is 2. The predicted octanol–water partition coefficient (Wildman–Crippen LogP) is 6.73. The fourth-order valence-corrected chi connectivity index (χ4v) is 3.99. The van der Waals surface area contributed by atoms with Crippen molar-refractivity contribution < 1.29 is 18.9 Å². The predicted molar refractivity (Wildman–Crippen MR) is 135 cm³/mol. The van der Waals surface area contributed by atoms with Crippen LogP contribution in [-0.4, -0.2) is 18.4 Å². The molecule has 32 heavy (non-hydrogen) atoms. The lowest BCUT2D eigenvalue weighted by Gasteiger charge is -2.20. The molecular formula is C27H39O4P. The van der Waals surface area contributed by atoms with Crippen molar-refractivity contribution in [2.75, 3.05) is 6.61 Å². The first-order valence-electron chi connectivity index (χ1n) is 11.5. The van der Waals surface area contributed by atoms with Crippen molar-refractivity contribution in [3.05, 3.63) is 69.8 Å². The van der Waals surface area contributed by atoms with Crippen molar-refractivity contribution in [3.63, 3.8) is 0 Å². The Labute approximate surface area is 195 Å². The Kier molecular flexibility index (Phi) is 12.9. The third-order valence-corrected chi connectivity index (χ3v) is 5.98. The highest BCUT2D eigenvalue weighted by molar-refractivity contribution is 7.00. The molecular weight excluding hydrogens is 419 g/mol. The van der Waals surface area contributed by atoms with Crippen molar-refractivity contribution in [1.82, 2.24) is 0 Å². The van der Waals surface area contributed by atoms with E-state index in [1.54, 1.807) is 0 Å². The molecule has 0 aliphatic rings. The maximum absolute atomic E-state index is 13.6. The minimum Gasteiger partial charge on any atom is -0.465 e. The van der Waals surface area contributed by atoms with E-state index < -0.39 is 11.9 Å². The average Bonchev–Trinajstić information content (AvgIpc) is 2.79. The molecule has 0 saturated heterocycles. The first-order chi connectivity index (χ1) is 15.4. The maximum Gasteiger partial charge on any atom is 0.321 e. The van der Waals surface area contributed by atoms with E-state index in [1.807, 2.05) is 64.1 Å². The summed E-state index contributed by atoms with van der Waals surface area (Å²) in [4.78, 5) is 26.6. The topological polar surface area (TPSA) is 60.4 Å². The molecule has 0 bridgehead atoms. The first kappa shape index (κ1) is 27.8. The molecule has 2 unspecified atom stereocenters. The molecule has 0 aliphatic heterocycles. The molecule has 5 heteroatoms. The number of carbonyl (C=O) groups excluding carboxylic acids is 2. The number of ether oxygens (including phenoxy) is 1. The molecule has 0 amide bonds. The highest BCUT2D eigenvalue weighted by Crippen LogP contribution is 2.29. The number of Topliss-reactive ketones (excluding diaryl/α,β-unsaturated/α-hetero) is 1.